The SMILES string of the molecule is O=C(Nc1cccc(C(F)(F)F)c1)N1CCN(CC2=NS(=O)(=O)c3ccccc3N2)CC1. The highest BCUT2D eigenvalue weighted by atomic mass is 32.2. The fourth-order valence-corrected chi connectivity index (χ4v) is 4.67. The molecule has 8 nitrogen and oxygen atoms in total. The highest BCUT2D eigenvalue weighted by Crippen LogP contribution is 2.31. The van der Waals surface area contributed by atoms with E-state index >= 15 is 0 Å². The van der Waals surface area contributed by atoms with Crippen LogP contribution in [0.4, 0.5) is 29.3 Å². The molecule has 2 aliphatic heterocycles. The molecule has 12 heteroatoms. The molecule has 170 valence electrons. The van der Waals surface area contributed by atoms with Gasteiger partial charge in [-0.05, 0) is 30.3 Å². The summed E-state index contributed by atoms with van der Waals surface area (Å²) in [5.41, 5.74) is -0.300. The minimum atomic E-state index is -4.49. The lowest BCUT2D eigenvalue weighted by Gasteiger charge is -2.35. The summed E-state index contributed by atoms with van der Waals surface area (Å²) in [6, 6.07) is 10.5. The number of alkyl halides is 3. The maximum atomic E-state index is 12.8. The molecular weight excluding hydrogens is 447 g/mol. The molecule has 2 aromatic carbocycles. The second-order valence-electron chi connectivity index (χ2n) is 7.41. The van der Waals surface area contributed by atoms with E-state index in [9.17, 15) is 26.4 Å². The zero-order chi connectivity index (χ0) is 22.9. The summed E-state index contributed by atoms with van der Waals surface area (Å²) >= 11 is 0. The van der Waals surface area contributed by atoms with Gasteiger partial charge in [-0.2, -0.15) is 21.6 Å². The lowest BCUT2D eigenvalue weighted by Crippen LogP contribution is -2.51. The minimum absolute atomic E-state index is 0.0666. The number of urea groups is 1. The van der Waals surface area contributed by atoms with E-state index in [0.29, 0.717) is 37.7 Å². The molecule has 4 rings (SSSR count). The maximum Gasteiger partial charge on any atom is 0.416 e. The molecule has 0 spiro atoms. The van der Waals surface area contributed by atoms with E-state index in [1.807, 2.05) is 4.90 Å². The normalized spacial score (nSPS) is 18.3. The van der Waals surface area contributed by atoms with Crippen LogP contribution in [0.25, 0.3) is 0 Å². The van der Waals surface area contributed by atoms with Gasteiger partial charge in [0.25, 0.3) is 10.0 Å². The van der Waals surface area contributed by atoms with Crippen molar-refractivity contribution in [3.8, 4) is 0 Å². The summed E-state index contributed by atoms with van der Waals surface area (Å²) in [6.07, 6.45) is -4.49. The number of rotatable bonds is 3. The third-order valence-electron chi connectivity index (χ3n) is 5.15. The zero-order valence-corrected chi connectivity index (χ0v) is 17.6. The molecule has 0 radical (unpaired) electrons. The van der Waals surface area contributed by atoms with Gasteiger partial charge in [0.2, 0.25) is 0 Å². The number of anilines is 2. The maximum absolute atomic E-state index is 12.8. The Morgan fingerprint density at radius 1 is 1.06 bits per heavy atom. The van der Waals surface area contributed by atoms with E-state index in [-0.39, 0.29) is 17.1 Å². The number of hydrogen-bond donors (Lipinski definition) is 2. The van der Waals surface area contributed by atoms with Gasteiger partial charge in [-0.3, -0.25) is 4.90 Å². The van der Waals surface area contributed by atoms with E-state index in [4.69, 9.17) is 0 Å². The number of para-hydroxylation sites is 1. The van der Waals surface area contributed by atoms with E-state index in [2.05, 4.69) is 15.0 Å². The summed E-state index contributed by atoms with van der Waals surface area (Å²) < 4.78 is 67.1. The first-order valence-corrected chi connectivity index (χ1v) is 11.2. The molecule has 0 saturated carbocycles. The van der Waals surface area contributed by atoms with Crippen LogP contribution in [0, 0.1) is 0 Å². The van der Waals surface area contributed by atoms with Crippen molar-refractivity contribution in [2.24, 2.45) is 4.40 Å². The number of nitrogens with zero attached hydrogens (tertiary/aromatic N) is 3. The molecule has 2 amide bonds. The third kappa shape index (κ3) is 4.86. The number of amidine groups is 1. The number of carbonyl (C=O) groups is 1. The first kappa shape index (κ1) is 22.1. The summed E-state index contributed by atoms with van der Waals surface area (Å²) in [5.74, 6) is 0.297. The van der Waals surface area contributed by atoms with Gasteiger partial charge in [0.15, 0.2) is 0 Å². The second kappa shape index (κ2) is 8.43. The summed E-state index contributed by atoms with van der Waals surface area (Å²) in [4.78, 5) is 16.0. The van der Waals surface area contributed by atoms with Crippen molar-refractivity contribution in [2.45, 2.75) is 11.1 Å². The van der Waals surface area contributed by atoms with Crippen molar-refractivity contribution in [3.63, 3.8) is 0 Å². The molecule has 0 bridgehead atoms. The van der Waals surface area contributed by atoms with Crippen LogP contribution in [0.5, 0.6) is 0 Å². The summed E-state index contributed by atoms with van der Waals surface area (Å²) in [6.45, 7) is 1.84. The van der Waals surface area contributed by atoms with Crippen molar-refractivity contribution in [1.29, 1.82) is 0 Å². The van der Waals surface area contributed by atoms with Crippen molar-refractivity contribution in [1.82, 2.24) is 9.80 Å². The lowest BCUT2D eigenvalue weighted by atomic mass is 10.2. The Morgan fingerprint density at radius 2 is 1.78 bits per heavy atom. The Kier molecular flexibility index (Phi) is 5.82. The first-order chi connectivity index (χ1) is 15.1. The van der Waals surface area contributed by atoms with Crippen LogP contribution in [0.2, 0.25) is 0 Å². The Hall–Kier alpha value is -3.12. The van der Waals surface area contributed by atoms with Gasteiger partial charge in [0.05, 0.1) is 17.8 Å². The molecule has 1 saturated heterocycles. The van der Waals surface area contributed by atoms with Crippen LogP contribution in [0.1, 0.15) is 5.56 Å². The Balaban J connectivity index is 1.33. The summed E-state index contributed by atoms with van der Waals surface area (Å²) in [7, 11) is -3.77. The van der Waals surface area contributed by atoms with Crippen LogP contribution in [0.3, 0.4) is 0 Å². The van der Waals surface area contributed by atoms with Gasteiger partial charge in [0.1, 0.15) is 10.7 Å². The van der Waals surface area contributed by atoms with Gasteiger partial charge in [-0.15, -0.1) is 4.40 Å². The van der Waals surface area contributed by atoms with E-state index < -0.39 is 27.8 Å². The topological polar surface area (TPSA) is 94.1 Å². The van der Waals surface area contributed by atoms with E-state index in [1.165, 1.54) is 23.1 Å². The lowest BCUT2D eigenvalue weighted by molar-refractivity contribution is -0.137. The van der Waals surface area contributed by atoms with Gasteiger partial charge in [-0.1, -0.05) is 18.2 Å². The molecule has 32 heavy (non-hydrogen) atoms. The molecule has 2 aliphatic rings. The van der Waals surface area contributed by atoms with E-state index in [0.717, 1.165) is 12.1 Å². The summed E-state index contributed by atoms with van der Waals surface area (Å²) in [5, 5.41) is 5.52. The largest absolute Gasteiger partial charge is 0.416 e. The van der Waals surface area contributed by atoms with Crippen molar-refractivity contribution in [2.75, 3.05) is 43.4 Å². The number of halogens is 3. The average Bonchev–Trinajstić information content (AvgIpc) is 2.73. The molecule has 2 N–H and O–H groups in total. The smallest absolute Gasteiger partial charge is 0.341 e. The Morgan fingerprint density at radius 3 is 2.50 bits per heavy atom. The number of benzene rings is 2. The molecule has 2 aromatic rings. The van der Waals surface area contributed by atoms with Gasteiger partial charge < -0.3 is 15.5 Å². The fraction of sp³-hybridized carbons (Fsp3) is 0.300. The standard InChI is InChI=1S/C20H20F3N5O3S/c21-20(22,23)14-4-3-5-15(12-14)24-19(29)28-10-8-27(9-11-28)13-18-25-16-6-1-2-7-17(16)32(30,31)26-18/h1-7,12H,8-11,13H2,(H,24,29)(H,25,26). The van der Waals surface area contributed by atoms with Crippen molar-refractivity contribution >= 4 is 33.3 Å². The van der Waals surface area contributed by atoms with Gasteiger partial charge in [0, 0.05) is 31.9 Å². The average molecular weight is 467 g/mol. The van der Waals surface area contributed by atoms with Gasteiger partial charge in [-0.25, -0.2) is 4.79 Å². The Labute approximate surface area is 182 Å². The van der Waals surface area contributed by atoms with Gasteiger partial charge >= 0.3 is 12.2 Å². The van der Waals surface area contributed by atoms with Crippen LogP contribution >= 0.6 is 0 Å². The predicted molar refractivity (Wildman–Crippen MR) is 113 cm³/mol. The van der Waals surface area contributed by atoms with Crippen LogP contribution in [-0.2, 0) is 16.2 Å². The van der Waals surface area contributed by atoms with Crippen molar-refractivity contribution in [3.05, 3.63) is 54.1 Å². The molecular formula is C20H20F3N5O3S. The van der Waals surface area contributed by atoms with Crippen LogP contribution in [-0.4, -0.2) is 62.8 Å². The van der Waals surface area contributed by atoms with Crippen LogP contribution < -0.4 is 10.6 Å². The first-order valence-electron chi connectivity index (χ1n) is 9.77. The monoisotopic (exact) mass is 467 g/mol. The predicted octanol–water partition coefficient (Wildman–Crippen LogP) is 3.07. The molecule has 0 aromatic heterocycles. The molecule has 0 atom stereocenters. The molecule has 0 aliphatic carbocycles. The number of nitrogens with one attached hydrogen (secondary N) is 2. The number of sulfonamides is 1. The number of fused-ring (bicyclic) bond motifs is 1. The highest BCUT2D eigenvalue weighted by molar-refractivity contribution is 7.90. The van der Waals surface area contributed by atoms with E-state index in [1.54, 1.807) is 18.2 Å². The Bertz CT molecular complexity index is 1160. The number of piperazine rings is 1. The number of hydrogen-bond acceptors (Lipinski definition) is 5. The zero-order valence-electron chi connectivity index (χ0n) is 16.8. The quantitative estimate of drug-likeness (QED) is 0.724. The molecule has 2 heterocycles. The minimum Gasteiger partial charge on any atom is -0.341 e. The number of amides is 2. The third-order valence-corrected chi connectivity index (χ3v) is 6.52. The highest BCUT2D eigenvalue weighted by Gasteiger charge is 2.31. The molecule has 1 fully saturated rings. The fourth-order valence-electron chi connectivity index (χ4n) is 3.53. The second-order valence-corrected chi connectivity index (χ2v) is 8.98. The van der Waals surface area contributed by atoms with Crippen LogP contribution in [0.15, 0.2) is 57.8 Å². The molecule has 0 unspecified atom stereocenters. The van der Waals surface area contributed by atoms with Crippen molar-refractivity contribution < 1.29 is 26.4 Å². The number of carbonyl (C=O) groups excluding carboxylic acids is 1.